The summed E-state index contributed by atoms with van der Waals surface area (Å²) < 4.78 is 0. The van der Waals surface area contributed by atoms with Crippen LogP contribution in [0.25, 0.3) is 11.0 Å². The number of anilines is 2. The molecule has 5 heteroatoms. The molecule has 0 unspecified atom stereocenters. The fourth-order valence-electron chi connectivity index (χ4n) is 1.78. The minimum atomic E-state index is -0.210. The van der Waals surface area contributed by atoms with Crippen molar-refractivity contribution in [1.82, 2.24) is 9.97 Å². The number of hydrogen-bond donors (Lipinski definition) is 3. The molecule has 1 atom stereocenters. The minimum Gasteiger partial charge on any atom is -0.372 e. The van der Waals surface area contributed by atoms with Crippen molar-refractivity contribution >= 4 is 28.3 Å². The zero-order valence-electron chi connectivity index (χ0n) is 8.16. The van der Waals surface area contributed by atoms with Gasteiger partial charge in [-0.05, 0) is 13.0 Å². The summed E-state index contributed by atoms with van der Waals surface area (Å²) in [4.78, 5) is 18.7. The molecule has 3 N–H and O–H groups in total. The van der Waals surface area contributed by atoms with E-state index in [1.807, 2.05) is 19.2 Å². The topological polar surface area (TPSA) is 69.8 Å². The minimum absolute atomic E-state index is 0.0285. The Morgan fingerprint density at radius 1 is 1.47 bits per heavy atom. The van der Waals surface area contributed by atoms with Gasteiger partial charge >= 0.3 is 0 Å². The van der Waals surface area contributed by atoms with E-state index in [1.54, 1.807) is 6.20 Å². The second kappa shape index (κ2) is 2.73. The van der Waals surface area contributed by atoms with Crippen molar-refractivity contribution in [3.05, 3.63) is 18.5 Å². The lowest BCUT2D eigenvalue weighted by molar-refractivity contribution is -0.116. The zero-order chi connectivity index (χ0) is 10.4. The van der Waals surface area contributed by atoms with Gasteiger partial charge in [0, 0.05) is 11.6 Å². The molecular weight excluding hydrogens is 192 g/mol. The third-order valence-electron chi connectivity index (χ3n) is 2.60. The number of aromatic nitrogens is 2. The van der Waals surface area contributed by atoms with Crippen LogP contribution in [0.2, 0.25) is 0 Å². The van der Waals surface area contributed by atoms with E-state index in [4.69, 9.17) is 0 Å². The van der Waals surface area contributed by atoms with E-state index in [-0.39, 0.29) is 11.9 Å². The maximum absolute atomic E-state index is 11.4. The summed E-state index contributed by atoms with van der Waals surface area (Å²) in [7, 11) is 0. The molecule has 2 aromatic rings. The monoisotopic (exact) mass is 202 g/mol. The molecule has 15 heavy (non-hydrogen) atoms. The first-order valence-electron chi connectivity index (χ1n) is 4.79. The van der Waals surface area contributed by atoms with Crippen molar-refractivity contribution in [2.75, 3.05) is 10.6 Å². The number of carbonyl (C=O) groups is 1. The normalized spacial score (nSPS) is 19.5. The lowest BCUT2D eigenvalue weighted by Gasteiger charge is -2.24. The number of rotatable bonds is 0. The summed E-state index contributed by atoms with van der Waals surface area (Å²) in [6.07, 6.45) is 3.49. The van der Waals surface area contributed by atoms with E-state index in [0.29, 0.717) is 0 Å². The maximum atomic E-state index is 11.4. The van der Waals surface area contributed by atoms with Crippen LogP contribution in [-0.2, 0) is 4.79 Å². The van der Waals surface area contributed by atoms with Crippen LogP contribution in [-0.4, -0.2) is 21.9 Å². The van der Waals surface area contributed by atoms with Gasteiger partial charge in [0.25, 0.3) is 0 Å². The molecule has 0 aromatic carbocycles. The van der Waals surface area contributed by atoms with Gasteiger partial charge < -0.3 is 15.6 Å². The Labute approximate surface area is 85.9 Å². The molecule has 0 saturated heterocycles. The number of pyridine rings is 1. The predicted molar refractivity (Wildman–Crippen MR) is 57.8 cm³/mol. The summed E-state index contributed by atoms with van der Waals surface area (Å²) in [5.74, 6) is -0.0285. The average molecular weight is 202 g/mol. The molecule has 76 valence electrons. The molecule has 0 radical (unpaired) electrons. The average Bonchev–Trinajstić information content (AvgIpc) is 2.68. The molecule has 2 aromatic heterocycles. The molecule has 1 aliphatic rings. The van der Waals surface area contributed by atoms with Crippen LogP contribution in [0.4, 0.5) is 11.4 Å². The number of hydrogen-bond acceptors (Lipinski definition) is 3. The highest BCUT2D eigenvalue weighted by atomic mass is 16.2. The predicted octanol–water partition coefficient (Wildman–Crippen LogP) is 1.32. The van der Waals surface area contributed by atoms with E-state index in [0.717, 1.165) is 22.4 Å². The molecule has 1 aliphatic heterocycles. The molecule has 0 fully saturated rings. The highest BCUT2D eigenvalue weighted by molar-refractivity contribution is 6.08. The first kappa shape index (κ1) is 8.28. The molecule has 3 heterocycles. The lowest BCUT2D eigenvalue weighted by atomic mass is 10.1. The van der Waals surface area contributed by atoms with Crippen molar-refractivity contribution in [1.29, 1.82) is 0 Å². The Kier molecular flexibility index (Phi) is 1.50. The second-order valence-corrected chi connectivity index (χ2v) is 3.64. The van der Waals surface area contributed by atoms with Gasteiger partial charge in [-0.2, -0.15) is 0 Å². The van der Waals surface area contributed by atoms with Crippen LogP contribution < -0.4 is 10.6 Å². The summed E-state index contributed by atoms with van der Waals surface area (Å²) in [5.41, 5.74) is 2.50. The summed E-state index contributed by atoms with van der Waals surface area (Å²) >= 11 is 0. The smallest absolute Gasteiger partial charge is 0.246 e. The number of amides is 1. The summed E-state index contributed by atoms with van der Waals surface area (Å²) in [5, 5.41) is 6.98. The molecule has 3 rings (SSSR count). The first-order chi connectivity index (χ1) is 7.25. The van der Waals surface area contributed by atoms with E-state index in [1.165, 1.54) is 0 Å². The molecule has 0 bridgehead atoms. The Hall–Kier alpha value is -2.04. The molecule has 1 amide bonds. The van der Waals surface area contributed by atoms with E-state index in [9.17, 15) is 4.79 Å². The van der Waals surface area contributed by atoms with Gasteiger partial charge in [-0.15, -0.1) is 0 Å². The Morgan fingerprint density at radius 2 is 2.33 bits per heavy atom. The van der Waals surface area contributed by atoms with E-state index in [2.05, 4.69) is 20.6 Å². The van der Waals surface area contributed by atoms with Gasteiger partial charge in [0.1, 0.15) is 11.7 Å². The summed E-state index contributed by atoms with van der Waals surface area (Å²) in [6.45, 7) is 1.83. The largest absolute Gasteiger partial charge is 0.372 e. The first-order valence-corrected chi connectivity index (χ1v) is 4.79. The maximum Gasteiger partial charge on any atom is 0.246 e. The van der Waals surface area contributed by atoms with Crippen LogP contribution in [0, 0.1) is 0 Å². The number of H-pyrrole nitrogens is 1. The Morgan fingerprint density at radius 3 is 3.20 bits per heavy atom. The number of nitrogens with zero attached hydrogens (tertiary/aromatic N) is 1. The van der Waals surface area contributed by atoms with E-state index < -0.39 is 0 Å². The standard InChI is InChI=1S/C10H10N4O/c1-5-10(15)14-7-4-12-9-6(2-3-11-9)8(7)13-5/h2-5,13H,1H3,(H,11,12)(H,14,15)/t5-/m0/s1. The number of carbonyl (C=O) groups excluding carboxylic acids is 1. The Balaban J connectivity index is 2.26. The molecule has 0 spiro atoms. The number of fused-ring (bicyclic) bond motifs is 3. The van der Waals surface area contributed by atoms with Gasteiger partial charge in [-0.3, -0.25) is 4.79 Å². The number of aromatic amines is 1. The highest BCUT2D eigenvalue weighted by Crippen LogP contribution is 2.32. The van der Waals surface area contributed by atoms with Crippen LogP contribution in [0.5, 0.6) is 0 Å². The SMILES string of the molecule is C[C@@H]1Nc2c(cnc3[nH]ccc23)NC1=O. The third kappa shape index (κ3) is 1.09. The van der Waals surface area contributed by atoms with Gasteiger partial charge in [0.15, 0.2) is 0 Å². The van der Waals surface area contributed by atoms with Gasteiger partial charge in [0.2, 0.25) is 5.91 Å². The van der Waals surface area contributed by atoms with Crippen LogP contribution in [0.3, 0.4) is 0 Å². The van der Waals surface area contributed by atoms with Gasteiger partial charge in [-0.25, -0.2) is 4.98 Å². The Bertz CT molecular complexity index is 545. The second-order valence-electron chi connectivity index (χ2n) is 3.64. The van der Waals surface area contributed by atoms with Crippen LogP contribution >= 0.6 is 0 Å². The molecule has 5 nitrogen and oxygen atoms in total. The highest BCUT2D eigenvalue weighted by Gasteiger charge is 2.23. The van der Waals surface area contributed by atoms with Crippen LogP contribution in [0.1, 0.15) is 6.92 Å². The quantitative estimate of drug-likeness (QED) is 0.603. The van der Waals surface area contributed by atoms with Crippen molar-refractivity contribution in [2.45, 2.75) is 13.0 Å². The van der Waals surface area contributed by atoms with Gasteiger partial charge in [0.05, 0.1) is 17.6 Å². The lowest BCUT2D eigenvalue weighted by Crippen LogP contribution is -2.36. The van der Waals surface area contributed by atoms with Crippen LogP contribution in [0.15, 0.2) is 18.5 Å². The fraction of sp³-hybridized carbons (Fsp3) is 0.200. The van der Waals surface area contributed by atoms with Crippen molar-refractivity contribution in [3.8, 4) is 0 Å². The molecule has 0 saturated carbocycles. The summed E-state index contributed by atoms with van der Waals surface area (Å²) in [6, 6.07) is 1.73. The fourth-order valence-corrected chi connectivity index (χ4v) is 1.78. The van der Waals surface area contributed by atoms with E-state index >= 15 is 0 Å². The zero-order valence-corrected chi connectivity index (χ0v) is 8.16. The van der Waals surface area contributed by atoms with Crippen molar-refractivity contribution < 1.29 is 4.79 Å². The molecule has 0 aliphatic carbocycles. The van der Waals surface area contributed by atoms with Gasteiger partial charge in [-0.1, -0.05) is 0 Å². The van der Waals surface area contributed by atoms with Crippen molar-refractivity contribution in [2.24, 2.45) is 0 Å². The van der Waals surface area contributed by atoms with Crippen molar-refractivity contribution in [3.63, 3.8) is 0 Å². The number of nitrogens with one attached hydrogen (secondary N) is 3. The third-order valence-corrected chi connectivity index (χ3v) is 2.60. The molecular formula is C10H10N4O.